The zero-order chi connectivity index (χ0) is 12.1. The van der Waals surface area contributed by atoms with E-state index in [0.29, 0.717) is 11.5 Å². The molecule has 2 fully saturated rings. The molecule has 2 unspecified atom stereocenters. The molecule has 96 valence electrons. The molecule has 2 aliphatic rings. The van der Waals surface area contributed by atoms with Gasteiger partial charge >= 0.3 is 0 Å². The third-order valence-corrected chi connectivity index (χ3v) is 4.78. The highest BCUT2D eigenvalue weighted by atomic mass is 14.9. The van der Waals surface area contributed by atoms with E-state index >= 15 is 0 Å². The van der Waals surface area contributed by atoms with Crippen LogP contribution >= 0.6 is 0 Å². The summed E-state index contributed by atoms with van der Waals surface area (Å²) in [6.07, 6.45) is 11.7. The van der Waals surface area contributed by atoms with Gasteiger partial charge in [-0.1, -0.05) is 39.0 Å². The van der Waals surface area contributed by atoms with Gasteiger partial charge in [0.2, 0.25) is 0 Å². The standard InChI is InChI=1S/C15H26N2/c1-15(9-5-6-10-15)12-17-14-8-4-2-3-7-13(14)11-16/h13-14,17H,2-10,12H2,1H3. The monoisotopic (exact) mass is 234 g/mol. The summed E-state index contributed by atoms with van der Waals surface area (Å²) in [7, 11) is 0. The number of hydrogen-bond donors (Lipinski definition) is 1. The Balaban J connectivity index is 1.85. The van der Waals surface area contributed by atoms with Crippen molar-refractivity contribution in [1.29, 1.82) is 5.26 Å². The van der Waals surface area contributed by atoms with Crippen LogP contribution in [0, 0.1) is 22.7 Å². The average Bonchev–Trinajstić information content (AvgIpc) is 2.64. The molecule has 2 heteroatoms. The summed E-state index contributed by atoms with van der Waals surface area (Å²) in [5.74, 6) is 0.252. The van der Waals surface area contributed by atoms with E-state index in [2.05, 4.69) is 18.3 Å². The van der Waals surface area contributed by atoms with Gasteiger partial charge in [0, 0.05) is 12.6 Å². The molecule has 0 heterocycles. The fourth-order valence-corrected chi connectivity index (χ4v) is 3.49. The Hall–Kier alpha value is -0.550. The molecular weight excluding hydrogens is 208 g/mol. The summed E-state index contributed by atoms with van der Waals surface area (Å²) < 4.78 is 0. The lowest BCUT2D eigenvalue weighted by Crippen LogP contribution is -2.40. The molecule has 2 rings (SSSR count). The molecule has 0 bridgehead atoms. The third-order valence-electron chi connectivity index (χ3n) is 4.78. The molecule has 0 saturated heterocycles. The van der Waals surface area contributed by atoms with Crippen LogP contribution in [0.4, 0.5) is 0 Å². The van der Waals surface area contributed by atoms with Crippen molar-refractivity contribution in [2.45, 2.75) is 70.8 Å². The molecule has 2 aliphatic carbocycles. The van der Waals surface area contributed by atoms with Gasteiger partial charge in [0.05, 0.1) is 12.0 Å². The normalized spacial score (nSPS) is 32.9. The van der Waals surface area contributed by atoms with Crippen molar-refractivity contribution in [2.24, 2.45) is 11.3 Å². The molecule has 0 aromatic carbocycles. The summed E-state index contributed by atoms with van der Waals surface area (Å²) in [5.41, 5.74) is 0.506. The molecule has 2 atom stereocenters. The minimum absolute atomic E-state index is 0.252. The topological polar surface area (TPSA) is 35.8 Å². The molecule has 0 radical (unpaired) electrons. The molecule has 0 aromatic rings. The Labute approximate surface area is 106 Å². The number of nitriles is 1. The highest BCUT2D eigenvalue weighted by Gasteiger charge is 2.31. The summed E-state index contributed by atoms with van der Waals surface area (Å²) in [6.45, 7) is 3.53. The van der Waals surface area contributed by atoms with E-state index in [9.17, 15) is 5.26 Å². The smallest absolute Gasteiger partial charge is 0.0672 e. The van der Waals surface area contributed by atoms with E-state index in [1.54, 1.807) is 0 Å². The van der Waals surface area contributed by atoms with Crippen molar-refractivity contribution in [3.05, 3.63) is 0 Å². The number of nitrogens with one attached hydrogen (secondary N) is 1. The first-order valence-corrected chi connectivity index (χ1v) is 7.37. The minimum atomic E-state index is 0.252. The van der Waals surface area contributed by atoms with E-state index in [1.807, 2.05) is 0 Å². The molecule has 0 aliphatic heterocycles. The number of hydrogen-bond acceptors (Lipinski definition) is 2. The van der Waals surface area contributed by atoms with Crippen LogP contribution in [0.3, 0.4) is 0 Å². The molecule has 17 heavy (non-hydrogen) atoms. The van der Waals surface area contributed by atoms with Crippen LogP contribution in [0.5, 0.6) is 0 Å². The maximum absolute atomic E-state index is 9.25. The van der Waals surface area contributed by atoms with Gasteiger partial charge < -0.3 is 5.32 Å². The number of rotatable bonds is 3. The van der Waals surface area contributed by atoms with Gasteiger partial charge in [-0.3, -0.25) is 0 Å². The number of nitrogens with zero attached hydrogens (tertiary/aromatic N) is 1. The average molecular weight is 234 g/mol. The maximum Gasteiger partial charge on any atom is 0.0672 e. The van der Waals surface area contributed by atoms with E-state index in [1.165, 1.54) is 51.4 Å². The zero-order valence-electron chi connectivity index (χ0n) is 11.2. The quantitative estimate of drug-likeness (QED) is 0.757. The van der Waals surface area contributed by atoms with Gasteiger partial charge in [-0.25, -0.2) is 0 Å². The zero-order valence-corrected chi connectivity index (χ0v) is 11.2. The van der Waals surface area contributed by atoms with Crippen molar-refractivity contribution in [2.75, 3.05) is 6.54 Å². The van der Waals surface area contributed by atoms with Crippen LogP contribution in [-0.4, -0.2) is 12.6 Å². The summed E-state index contributed by atoms with van der Waals surface area (Å²) >= 11 is 0. The second-order valence-electron chi connectivity index (χ2n) is 6.38. The molecule has 0 spiro atoms. The van der Waals surface area contributed by atoms with Crippen LogP contribution in [0.2, 0.25) is 0 Å². The molecule has 2 saturated carbocycles. The first kappa shape index (κ1) is 12.9. The fraction of sp³-hybridized carbons (Fsp3) is 0.933. The molecule has 0 amide bonds. The Bertz CT molecular complexity index is 273. The lowest BCUT2D eigenvalue weighted by atomic mass is 9.87. The highest BCUT2D eigenvalue weighted by molar-refractivity contribution is 4.95. The van der Waals surface area contributed by atoms with Crippen LogP contribution < -0.4 is 5.32 Å². The van der Waals surface area contributed by atoms with Gasteiger partial charge in [0.25, 0.3) is 0 Å². The largest absolute Gasteiger partial charge is 0.312 e. The Kier molecular flexibility index (Phi) is 4.45. The van der Waals surface area contributed by atoms with E-state index in [4.69, 9.17) is 0 Å². The first-order chi connectivity index (χ1) is 8.23. The Morgan fingerprint density at radius 1 is 1.12 bits per heavy atom. The van der Waals surface area contributed by atoms with E-state index < -0.39 is 0 Å². The predicted octanol–water partition coefficient (Wildman–Crippen LogP) is 3.63. The van der Waals surface area contributed by atoms with E-state index in [-0.39, 0.29) is 5.92 Å². The lowest BCUT2D eigenvalue weighted by Gasteiger charge is -2.29. The van der Waals surface area contributed by atoms with Crippen LogP contribution in [-0.2, 0) is 0 Å². The third kappa shape index (κ3) is 3.45. The van der Waals surface area contributed by atoms with Gasteiger partial charge in [0.1, 0.15) is 0 Å². The maximum atomic E-state index is 9.25. The predicted molar refractivity (Wildman–Crippen MR) is 70.6 cm³/mol. The first-order valence-electron chi connectivity index (χ1n) is 7.37. The summed E-state index contributed by atoms with van der Waals surface area (Å²) in [6, 6.07) is 2.98. The second kappa shape index (κ2) is 5.87. The second-order valence-corrected chi connectivity index (χ2v) is 6.38. The Morgan fingerprint density at radius 3 is 2.53 bits per heavy atom. The van der Waals surface area contributed by atoms with Crippen LogP contribution in [0.25, 0.3) is 0 Å². The van der Waals surface area contributed by atoms with E-state index in [0.717, 1.165) is 13.0 Å². The summed E-state index contributed by atoms with van der Waals surface area (Å²) in [5, 5.41) is 13.0. The van der Waals surface area contributed by atoms with Crippen molar-refractivity contribution >= 4 is 0 Å². The van der Waals surface area contributed by atoms with Crippen LogP contribution in [0.1, 0.15) is 64.7 Å². The van der Waals surface area contributed by atoms with Crippen molar-refractivity contribution in [1.82, 2.24) is 5.32 Å². The SMILES string of the molecule is CC1(CNC2CCCCCC2C#N)CCCC1. The van der Waals surface area contributed by atoms with Crippen molar-refractivity contribution < 1.29 is 0 Å². The fourth-order valence-electron chi connectivity index (χ4n) is 3.49. The Morgan fingerprint density at radius 2 is 1.82 bits per heavy atom. The molecular formula is C15H26N2. The van der Waals surface area contributed by atoms with Gasteiger partial charge in [0.15, 0.2) is 0 Å². The van der Waals surface area contributed by atoms with Gasteiger partial charge in [-0.05, 0) is 31.1 Å². The summed E-state index contributed by atoms with van der Waals surface area (Å²) in [4.78, 5) is 0. The molecule has 2 nitrogen and oxygen atoms in total. The van der Waals surface area contributed by atoms with Crippen molar-refractivity contribution in [3.63, 3.8) is 0 Å². The van der Waals surface area contributed by atoms with Crippen LogP contribution in [0.15, 0.2) is 0 Å². The minimum Gasteiger partial charge on any atom is -0.312 e. The highest BCUT2D eigenvalue weighted by Crippen LogP contribution is 2.37. The van der Waals surface area contributed by atoms with Crippen molar-refractivity contribution in [3.8, 4) is 6.07 Å². The van der Waals surface area contributed by atoms with Gasteiger partial charge in [-0.2, -0.15) is 5.26 Å². The molecule has 0 aromatic heterocycles. The van der Waals surface area contributed by atoms with Gasteiger partial charge in [-0.15, -0.1) is 0 Å². The molecule has 1 N–H and O–H groups in total. The lowest BCUT2D eigenvalue weighted by molar-refractivity contribution is 0.274.